The molecule has 1 aromatic rings. The number of methoxy groups -OCH3 is 1. The van der Waals surface area contributed by atoms with Gasteiger partial charge < -0.3 is 15.6 Å². The average Bonchev–Trinajstić information content (AvgIpc) is 2.17. The molecule has 0 amide bonds. The number of hydrogen-bond acceptors (Lipinski definition) is 3. The molecule has 1 unspecified atom stereocenters. The molecule has 0 spiro atoms. The van der Waals surface area contributed by atoms with E-state index in [1.54, 1.807) is 26.2 Å². The van der Waals surface area contributed by atoms with Crippen LogP contribution in [0.4, 0.5) is 0 Å². The third kappa shape index (κ3) is 2.26. The van der Waals surface area contributed by atoms with Gasteiger partial charge in [-0.25, -0.2) is 0 Å². The Balaban J connectivity index is 3.08. The Hall–Kier alpha value is -0.580. The van der Waals surface area contributed by atoms with Crippen LogP contribution in [0.25, 0.3) is 0 Å². The summed E-state index contributed by atoms with van der Waals surface area (Å²) in [5, 5.41) is 9.90. The van der Waals surface area contributed by atoms with Gasteiger partial charge in [-0.1, -0.05) is 6.07 Å². The molecule has 4 heteroatoms. The van der Waals surface area contributed by atoms with E-state index in [0.29, 0.717) is 0 Å². The van der Waals surface area contributed by atoms with Crippen molar-refractivity contribution in [1.29, 1.82) is 0 Å². The van der Waals surface area contributed by atoms with E-state index in [4.69, 9.17) is 10.5 Å². The van der Waals surface area contributed by atoms with E-state index in [0.717, 1.165) is 15.8 Å². The third-order valence-electron chi connectivity index (χ3n) is 2.17. The molecule has 1 atom stereocenters. The van der Waals surface area contributed by atoms with Crippen LogP contribution in [0.1, 0.15) is 12.5 Å². The van der Waals surface area contributed by atoms with Gasteiger partial charge >= 0.3 is 0 Å². The van der Waals surface area contributed by atoms with Gasteiger partial charge in [0.15, 0.2) is 0 Å². The van der Waals surface area contributed by atoms with Crippen LogP contribution >= 0.6 is 15.9 Å². The molecule has 0 aromatic heterocycles. The number of aliphatic hydroxyl groups is 1. The lowest BCUT2D eigenvalue weighted by atomic mass is 9.96. The van der Waals surface area contributed by atoms with Crippen molar-refractivity contribution in [2.45, 2.75) is 12.5 Å². The van der Waals surface area contributed by atoms with Crippen LogP contribution in [0.3, 0.4) is 0 Å². The molecule has 0 radical (unpaired) electrons. The molecule has 0 aliphatic carbocycles. The summed E-state index contributed by atoms with van der Waals surface area (Å²) in [6, 6.07) is 5.41. The average molecular weight is 260 g/mol. The predicted molar refractivity (Wildman–Crippen MR) is 59.3 cm³/mol. The quantitative estimate of drug-likeness (QED) is 0.868. The Labute approximate surface area is 92.0 Å². The molecule has 3 N–H and O–H groups in total. The summed E-state index contributed by atoms with van der Waals surface area (Å²) in [5.74, 6) is 0.738. The van der Waals surface area contributed by atoms with Crippen molar-refractivity contribution in [2.24, 2.45) is 5.73 Å². The van der Waals surface area contributed by atoms with E-state index in [2.05, 4.69) is 15.9 Å². The second-order valence-electron chi connectivity index (χ2n) is 3.33. The smallest absolute Gasteiger partial charge is 0.133 e. The van der Waals surface area contributed by atoms with E-state index < -0.39 is 5.60 Å². The minimum atomic E-state index is -0.991. The third-order valence-corrected chi connectivity index (χ3v) is 2.79. The van der Waals surface area contributed by atoms with Crippen molar-refractivity contribution >= 4 is 15.9 Å². The zero-order valence-corrected chi connectivity index (χ0v) is 9.84. The highest BCUT2D eigenvalue weighted by atomic mass is 79.9. The molecular weight excluding hydrogens is 246 g/mol. The molecule has 78 valence electrons. The maximum atomic E-state index is 9.90. The van der Waals surface area contributed by atoms with Gasteiger partial charge in [0.2, 0.25) is 0 Å². The summed E-state index contributed by atoms with van der Waals surface area (Å²) in [6.07, 6.45) is 0. The van der Waals surface area contributed by atoms with Gasteiger partial charge in [-0.15, -0.1) is 0 Å². The van der Waals surface area contributed by atoms with Gasteiger partial charge in [-0.05, 0) is 40.5 Å². The fraction of sp³-hybridized carbons (Fsp3) is 0.400. The van der Waals surface area contributed by atoms with Gasteiger partial charge in [-0.3, -0.25) is 0 Å². The summed E-state index contributed by atoms with van der Waals surface area (Å²) in [6.45, 7) is 1.87. The topological polar surface area (TPSA) is 55.5 Å². The predicted octanol–water partition coefficient (Wildman–Crippen LogP) is 1.62. The zero-order valence-electron chi connectivity index (χ0n) is 8.25. The maximum Gasteiger partial charge on any atom is 0.133 e. The minimum absolute atomic E-state index is 0.186. The van der Waals surface area contributed by atoms with Crippen molar-refractivity contribution in [3.05, 3.63) is 28.2 Å². The molecule has 14 heavy (non-hydrogen) atoms. The Bertz CT molecular complexity index is 326. The summed E-state index contributed by atoms with van der Waals surface area (Å²) in [4.78, 5) is 0. The summed E-state index contributed by atoms with van der Waals surface area (Å²) in [7, 11) is 1.60. The second kappa shape index (κ2) is 4.29. The zero-order chi connectivity index (χ0) is 10.8. The number of benzene rings is 1. The number of hydrogen-bond donors (Lipinski definition) is 2. The summed E-state index contributed by atoms with van der Waals surface area (Å²) < 4.78 is 5.90. The standard InChI is InChI=1S/C10H14BrNO2/c1-10(13,6-12)7-3-4-9(14-2)8(11)5-7/h3-5,13H,6,12H2,1-2H3. The van der Waals surface area contributed by atoms with Crippen LogP contribution in [0.2, 0.25) is 0 Å². The van der Waals surface area contributed by atoms with Crippen LogP contribution < -0.4 is 10.5 Å². The van der Waals surface area contributed by atoms with E-state index in [9.17, 15) is 5.11 Å². The highest BCUT2D eigenvalue weighted by molar-refractivity contribution is 9.10. The molecule has 0 heterocycles. The van der Waals surface area contributed by atoms with Crippen molar-refractivity contribution in [3.8, 4) is 5.75 Å². The highest BCUT2D eigenvalue weighted by Crippen LogP contribution is 2.29. The fourth-order valence-electron chi connectivity index (χ4n) is 1.12. The van der Waals surface area contributed by atoms with Crippen molar-refractivity contribution < 1.29 is 9.84 Å². The lowest BCUT2D eigenvalue weighted by Gasteiger charge is -2.22. The fourth-order valence-corrected chi connectivity index (χ4v) is 1.66. The van der Waals surface area contributed by atoms with Crippen LogP contribution in [-0.4, -0.2) is 18.8 Å². The summed E-state index contributed by atoms with van der Waals surface area (Å²) >= 11 is 3.35. The first kappa shape index (κ1) is 11.5. The Morgan fingerprint density at radius 2 is 2.21 bits per heavy atom. The van der Waals surface area contributed by atoms with Crippen molar-refractivity contribution in [2.75, 3.05) is 13.7 Å². The van der Waals surface area contributed by atoms with Crippen molar-refractivity contribution in [3.63, 3.8) is 0 Å². The van der Waals surface area contributed by atoms with Crippen LogP contribution in [0.5, 0.6) is 5.75 Å². The highest BCUT2D eigenvalue weighted by Gasteiger charge is 2.21. The summed E-state index contributed by atoms with van der Waals surface area (Å²) in [5.41, 5.74) is 5.24. The molecule has 1 rings (SSSR count). The van der Waals surface area contributed by atoms with Gasteiger partial charge in [0.05, 0.1) is 17.2 Å². The van der Waals surface area contributed by atoms with Gasteiger partial charge in [0, 0.05) is 6.54 Å². The minimum Gasteiger partial charge on any atom is -0.496 e. The SMILES string of the molecule is COc1ccc(C(C)(O)CN)cc1Br. The largest absolute Gasteiger partial charge is 0.496 e. The van der Waals surface area contributed by atoms with Crippen LogP contribution in [0, 0.1) is 0 Å². The lowest BCUT2D eigenvalue weighted by Crippen LogP contribution is -2.31. The molecule has 0 bridgehead atoms. The monoisotopic (exact) mass is 259 g/mol. The Morgan fingerprint density at radius 3 is 2.64 bits per heavy atom. The molecule has 0 aliphatic rings. The lowest BCUT2D eigenvalue weighted by molar-refractivity contribution is 0.0667. The van der Waals surface area contributed by atoms with Crippen LogP contribution in [0.15, 0.2) is 22.7 Å². The first-order chi connectivity index (χ1) is 6.51. The Kier molecular flexibility index (Phi) is 3.53. The van der Waals surface area contributed by atoms with E-state index in [-0.39, 0.29) is 6.54 Å². The molecular formula is C10H14BrNO2. The molecule has 0 saturated carbocycles. The molecule has 1 aromatic carbocycles. The van der Waals surface area contributed by atoms with E-state index in [1.165, 1.54) is 0 Å². The van der Waals surface area contributed by atoms with E-state index in [1.807, 2.05) is 6.07 Å². The molecule has 0 saturated heterocycles. The van der Waals surface area contributed by atoms with Gasteiger partial charge in [0.1, 0.15) is 5.75 Å². The molecule has 0 aliphatic heterocycles. The van der Waals surface area contributed by atoms with Crippen LogP contribution in [-0.2, 0) is 5.60 Å². The van der Waals surface area contributed by atoms with Crippen molar-refractivity contribution in [1.82, 2.24) is 0 Å². The number of ether oxygens (including phenoxy) is 1. The number of nitrogens with two attached hydrogens (primary N) is 1. The van der Waals surface area contributed by atoms with E-state index >= 15 is 0 Å². The molecule has 3 nitrogen and oxygen atoms in total. The molecule has 0 fully saturated rings. The Morgan fingerprint density at radius 1 is 1.57 bits per heavy atom. The number of halogens is 1. The second-order valence-corrected chi connectivity index (χ2v) is 4.18. The van der Waals surface area contributed by atoms with Gasteiger partial charge in [0.25, 0.3) is 0 Å². The normalized spacial score (nSPS) is 14.9. The first-order valence-electron chi connectivity index (χ1n) is 4.27. The van der Waals surface area contributed by atoms with Gasteiger partial charge in [-0.2, -0.15) is 0 Å². The number of rotatable bonds is 3. The maximum absolute atomic E-state index is 9.90. The first-order valence-corrected chi connectivity index (χ1v) is 5.07.